The highest BCUT2D eigenvalue weighted by atomic mass is 35.5. The zero-order valence-electron chi connectivity index (χ0n) is 8.19. The van der Waals surface area contributed by atoms with E-state index in [0.29, 0.717) is 11.7 Å². The molecule has 0 amide bonds. The van der Waals surface area contributed by atoms with E-state index in [1.165, 1.54) is 0 Å². The summed E-state index contributed by atoms with van der Waals surface area (Å²) in [5.41, 5.74) is 0. The number of halogens is 1. The number of hydrogen-bond donors (Lipinski definition) is 1. The number of hydrogen-bond acceptors (Lipinski definition) is 5. The Hall–Kier alpha value is -0.650. The molecule has 0 bridgehead atoms. The molecule has 0 aromatic carbocycles. The number of methoxy groups -OCH3 is 1. The molecule has 2 heterocycles. The molecule has 0 spiro atoms. The number of ether oxygens (including phenoxy) is 1. The average Bonchev–Trinajstić information content (AvgIpc) is 2.71. The van der Waals surface area contributed by atoms with Gasteiger partial charge in [-0.3, -0.25) is 0 Å². The Kier molecular flexibility index (Phi) is 3.86. The van der Waals surface area contributed by atoms with Crippen molar-refractivity contribution in [3.05, 3.63) is 11.7 Å². The highest BCUT2D eigenvalue weighted by Crippen LogP contribution is 2.22. The summed E-state index contributed by atoms with van der Waals surface area (Å²) in [4.78, 5) is 4.17. The lowest BCUT2D eigenvalue weighted by Gasteiger charge is -2.03. The smallest absolute Gasteiger partial charge is 0.243 e. The molecule has 1 aromatic rings. The summed E-state index contributed by atoms with van der Waals surface area (Å²) in [5.74, 6) is 1.34. The maximum absolute atomic E-state index is 5.22. The van der Waals surface area contributed by atoms with Crippen LogP contribution in [0.5, 0.6) is 0 Å². The Morgan fingerprint density at radius 2 is 2.36 bits per heavy atom. The fraction of sp³-hybridized carbons (Fsp3) is 0.750. The van der Waals surface area contributed by atoms with Crippen LogP contribution in [0.15, 0.2) is 4.52 Å². The van der Waals surface area contributed by atoms with Crippen molar-refractivity contribution < 1.29 is 9.26 Å². The van der Waals surface area contributed by atoms with Gasteiger partial charge in [0.05, 0.1) is 12.1 Å². The van der Waals surface area contributed by atoms with Gasteiger partial charge in [-0.2, -0.15) is 4.98 Å². The molecule has 0 radical (unpaired) electrons. The van der Waals surface area contributed by atoms with Crippen LogP contribution >= 0.6 is 12.4 Å². The molecular formula is C8H14ClN3O2. The number of nitrogens with one attached hydrogen (secondary N) is 1. The Balaban J connectivity index is 0.000000980. The molecule has 1 fully saturated rings. The summed E-state index contributed by atoms with van der Waals surface area (Å²) in [6.07, 6.45) is 1.16. The molecule has 0 aliphatic carbocycles. The van der Waals surface area contributed by atoms with Crippen molar-refractivity contribution in [2.24, 2.45) is 0 Å². The second-order valence-corrected chi connectivity index (χ2v) is 3.23. The molecule has 14 heavy (non-hydrogen) atoms. The van der Waals surface area contributed by atoms with Gasteiger partial charge < -0.3 is 14.6 Å². The molecule has 1 aliphatic rings. The summed E-state index contributed by atoms with van der Waals surface area (Å²) < 4.78 is 10.3. The molecule has 1 saturated heterocycles. The van der Waals surface area contributed by atoms with Crippen LogP contribution in [0.1, 0.15) is 24.2 Å². The van der Waals surface area contributed by atoms with Gasteiger partial charge in [-0.1, -0.05) is 5.16 Å². The molecule has 2 rings (SSSR count). The summed E-state index contributed by atoms with van der Waals surface area (Å²) in [5, 5.41) is 7.01. The van der Waals surface area contributed by atoms with Gasteiger partial charge in [0.1, 0.15) is 0 Å². The third-order valence-corrected chi connectivity index (χ3v) is 2.27. The van der Waals surface area contributed by atoms with E-state index in [1.807, 2.05) is 6.92 Å². The lowest BCUT2D eigenvalue weighted by Crippen LogP contribution is -2.16. The van der Waals surface area contributed by atoms with Gasteiger partial charge >= 0.3 is 0 Å². The molecule has 5 nitrogen and oxygen atoms in total. The number of rotatable bonds is 2. The minimum atomic E-state index is 0. The number of aryl methyl sites for hydroxylation is 1. The third-order valence-electron chi connectivity index (χ3n) is 2.27. The molecule has 2 unspecified atom stereocenters. The first-order valence-corrected chi connectivity index (χ1v) is 4.36. The predicted octanol–water partition coefficient (Wildman–Crippen LogP) is 0.849. The van der Waals surface area contributed by atoms with E-state index in [4.69, 9.17) is 9.26 Å². The van der Waals surface area contributed by atoms with E-state index < -0.39 is 0 Å². The van der Waals surface area contributed by atoms with Crippen LogP contribution in [-0.4, -0.2) is 29.9 Å². The van der Waals surface area contributed by atoms with E-state index in [0.717, 1.165) is 13.0 Å². The second-order valence-electron chi connectivity index (χ2n) is 3.23. The summed E-state index contributed by atoms with van der Waals surface area (Å²) >= 11 is 0. The number of aromatic nitrogens is 2. The monoisotopic (exact) mass is 219 g/mol. The first-order chi connectivity index (χ1) is 6.29. The Morgan fingerprint density at radius 3 is 2.86 bits per heavy atom. The zero-order chi connectivity index (χ0) is 9.26. The summed E-state index contributed by atoms with van der Waals surface area (Å²) in [6, 6.07) is 0.158. The van der Waals surface area contributed by atoms with Gasteiger partial charge in [0.15, 0.2) is 5.82 Å². The largest absolute Gasteiger partial charge is 0.380 e. The van der Waals surface area contributed by atoms with E-state index in [2.05, 4.69) is 15.5 Å². The normalized spacial score (nSPS) is 26.1. The van der Waals surface area contributed by atoms with Crippen LogP contribution in [0.4, 0.5) is 0 Å². The predicted molar refractivity (Wildman–Crippen MR) is 52.4 cm³/mol. The molecule has 1 aromatic heterocycles. The SMILES string of the molecule is COC1CNC(c2nc(C)no2)C1.Cl. The lowest BCUT2D eigenvalue weighted by atomic mass is 10.2. The van der Waals surface area contributed by atoms with E-state index in [9.17, 15) is 0 Å². The minimum Gasteiger partial charge on any atom is -0.380 e. The molecule has 6 heteroatoms. The van der Waals surface area contributed by atoms with Crippen LogP contribution in [0.3, 0.4) is 0 Å². The van der Waals surface area contributed by atoms with E-state index in [1.54, 1.807) is 7.11 Å². The molecule has 1 aliphatic heterocycles. The van der Waals surface area contributed by atoms with Crippen molar-refractivity contribution in [2.45, 2.75) is 25.5 Å². The average molecular weight is 220 g/mol. The van der Waals surface area contributed by atoms with Gasteiger partial charge in [0, 0.05) is 13.7 Å². The minimum absolute atomic E-state index is 0. The van der Waals surface area contributed by atoms with E-state index in [-0.39, 0.29) is 24.6 Å². The topological polar surface area (TPSA) is 60.2 Å². The van der Waals surface area contributed by atoms with Crippen molar-refractivity contribution in [1.82, 2.24) is 15.5 Å². The molecule has 0 saturated carbocycles. The fourth-order valence-corrected chi connectivity index (χ4v) is 1.53. The van der Waals surface area contributed by atoms with Crippen molar-refractivity contribution in [1.29, 1.82) is 0 Å². The van der Waals surface area contributed by atoms with Crippen molar-refractivity contribution in [2.75, 3.05) is 13.7 Å². The fourth-order valence-electron chi connectivity index (χ4n) is 1.53. The lowest BCUT2D eigenvalue weighted by molar-refractivity contribution is 0.116. The van der Waals surface area contributed by atoms with Crippen molar-refractivity contribution >= 4 is 12.4 Å². The highest BCUT2D eigenvalue weighted by molar-refractivity contribution is 5.85. The van der Waals surface area contributed by atoms with Crippen molar-refractivity contribution in [3.8, 4) is 0 Å². The van der Waals surface area contributed by atoms with Gasteiger partial charge in [-0.25, -0.2) is 0 Å². The second kappa shape index (κ2) is 4.72. The van der Waals surface area contributed by atoms with Crippen LogP contribution in [0.2, 0.25) is 0 Å². The molecule has 80 valence electrons. The van der Waals surface area contributed by atoms with Crippen LogP contribution in [-0.2, 0) is 4.74 Å². The summed E-state index contributed by atoms with van der Waals surface area (Å²) in [7, 11) is 1.72. The molecule has 2 atom stereocenters. The first-order valence-electron chi connectivity index (χ1n) is 4.36. The molecule has 1 N–H and O–H groups in total. The van der Waals surface area contributed by atoms with Crippen molar-refractivity contribution in [3.63, 3.8) is 0 Å². The highest BCUT2D eigenvalue weighted by Gasteiger charge is 2.28. The Labute approximate surface area is 88.6 Å². The standard InChI is InChI=1S/C8H13N3O2.ClH/c1-5-10-8(13-11-5)7-3-6(12-2)4-9-7;/h6-7,9H,3-4H2,1-2H3;1H. The number of nitrogens with zero attached hydrogens (tertiary/aromatic N) is 2. The van der Waals surface area contributed by atoms with Crippen LogP contribution in [0, 0.1) is 6.92 Å². The quantitative estimate of drug-likeness (QED) is 0.799. The maximum Gasteiger partial charge on any atom is 0.243 e. The summed E-state index contributed by atoms with van der Waals surface area (Å²) in [6.45, 7) is 2.67. The Morgan fingerprint density at radius 1 is 1.57 bits per heavy atom. The molecular weight excluding hydrogens is 206 g/mol. The first kappa shape index (κ1) is 11.4. The van der Waals surface area contributed by atoms with Crippen LogP contribution in [0.25, 0.3) is 0 Å². The Bertz CT molecular complexity index is 292. The van der Waals surface area contributed by atoms with Crippen LogP contribution < -0.4 is 5.32 Å². The third kappa shape index (κ3) is 2.23. The zero-order valence-corrected chi connectivity index (χ0v) is 9.00. The maximum atomic E-state index is 5.22. The van der Waals surface area contributed by atoms with Gasteiger partial charge in [-0.15, -0.1) is 12.4 Å². The van der Waals surface area contributed by atoms with Gasteiger partial charge in [-0.05, 0) is 13.3 Å². The van der Waals surface area contributed by atoms with E-state index >= 15 is 0 Å². The van der Waals surface area contributed by atoms with Gasteiger partial charge in [0.2, 0.25) is 5.89 Å². The van der Waals surface area contributed by atoms with Gasteiger partial charge in [0.25, 0.3) is 0 Å².